The van der Waals surface area contributed by atoms with Gasteiger partial charge in [-0.05, 0) is 25.8 Å². The zero-order valence-electron chi connectivity index (χ0n) is 7.94. The summed E-state index contributed by atoms with van der Waals surface area (Å²) >= 11 is 0. The van der Waals surface area contributed by atoms with Crippen molar-refractivity contribution < 1.29 is 4.79 Å². The van der Waals surface area contributed by atoms with Crippen LogP contribution in [0, 0.1) is 0 Å². The molecule has 0 aliphatic heterocycles. The fourth-order valence-corrected chi connectivity index (χ4v) is 0.959. The number of rotatable bonds is 7. The van der Waals surface area contributed by atoms with Crippen LogP contribution in [0.25, 0.3) is 0 Å². The third kappa shape index (κ3) is 7.54. The minimum Gasteiger partial charge on any atom is -0.356 e. The molecule has 0 aromatic carbocycles. The molecule has 0 radical (unpaired) electrons. The molecule has 0 aromatic rings. The quantitative estimate of drug-likeness (QED) is 0.564. The van der Waals surface area contributed by atoms with E-state index in [1.54, 1.807) is 0 Å². The van der Waals surface area contributed by atoms with E-state index in [1.807, 2.05) is 0 Å². The van der Waals surface area contributed by atoms with Gasteiger partial charge in [-0.15, -0.1) is 0 Å². The van der Waals surface area contributed by atoms with Crippen LogP contribution in [0.1, 0.15) is 39.0 Å². The van der Waals surface area contributed by atoms with Gasteiger partial charge in [0.05, 0.1) is 0 Å². The van der Waals surface area contributed by atoms with E-state index >= 15 is 0 Å². The molecule has 3 nitrogen and oxygen atoms in total. The Kier molecular flexibility index (Phi) is 8.12. The molecule has 0 atom stereocenters. The SMILES string of the molecule is CCCNC(=O)CCCCCN. The van der Waals surface area contributed by atoms with Crippen LogP contribution in [0.15, 0.2) is 0 Å². The highest BCUT2D eigenvalue weighted by Gasteiger charge is 1.98. The van der Waals surface area contributed by atoms with Crippen molar-refractivity contribution in [3.63, 3.8) is 0 Å². The van der Waals surface area contributed by atoms with Crippen LogP contribution >= 0.6 is 0 Å². The van der Waals surface area contributed by atoms with Crippen molar-refractivity contribution in [1.82, 2.24) is 5.32 Å². The maximum absolute atomic E-state index is 11.0. The van der Waals surface area contributed by atoms with Crippen LogP contribution in [0.5, 0.6) is 0 Å². The van der Waals surface area contributed by atoms with Gasteiger partial charge < -0.3 is 11.1 Å². The Morgan fingerprint density at radius 2 is 2.08 bits per heavy atom. The Labute approximate surface area is 74.7 Å². The van der Waals surface area contributed by atoms with Gasteiger partial charge in [0.1, 0.15) is 0 Å². The van der Waals surface area contributed by atoms with Crippen LogP contribution in [-0.4, -0.2) is 19.0 Å². The molecular formula is C9H20N2O. The lowest BCUT2D eigenvalue weighted by Crippen LogP contribution is -2.23. The normalized spacial score (nSPS) is 9.83. The molecule has 0 rings (SSSR count). The lowest BCUT2D eigenvalue weighted by Gasteiger charge is -2.02. The first-order valence-corrected chi connectivity index (χ1v) is 4.78. The summed E-state index contributed by atoms with van der Waals surface area (Å²) in [5.41, 5.74) is 5.33. The highest BCUT2D eigenvalue weighted by Crippen LogP contribution is 1.97. The van der Waals surface area contributed by atoms with Crippen LogP contribution in [0.4, 0.5) is 0 Å². The van der Waals surface area contributed by atoms with Gasteiger partial charge in [-0.3, -0.25) is 4.79 Å². The van der Waals surface area contributed by atoms with Gasteiger partial charge in [-0.2, -0.15) is 0 Å². The average molecular weight is 172 g/mol. The molecule has 3 N–H and O–H groups in total. The number of amides is 1. The smallest absolute Gasteiger partial charge is 0.219 e. The summed E-state index contributed by atoms with van der Waals surface area (Å²) in [6, 6.07) is 0. The van der Waals surface area contributed by atoms with E-state index in [2.05, 4.69) is 12.2 Å². The third-order valence-electron chi connectivity index (χ3n) is 1.68. The van der Waals surface area contributed by atoms with E-state index in [9.17, 15) is 4.79 Å². The minimum absolute atomic E-state index is 0.175. The molecule has 0 bridgehead atoms. The maximum Gasteiger partial charge on any atom is 0.219 e. The Bertz CT molecular complexity index is 115. The number of nitrogens with two attached hydrogens (primary N) is 1. The number of hydrogen-bond donors (Lipinski definition) is 2. The number of unbranched alkanes of at least 4 members (excludes halogenated alkanes) is 2. The molecule has 0 aromatic heterocycles. The lowest BCUT2D eigenvalue weighted by atomic mass is 10.2. The first kappa shape index (κ1) is 11.4. The summed E-state index contributed by atoms with van der Waals surface area (Å²) in [5.74, 6) is 0.175. The van der Waals surface area contributed by atoms with Gasteiger partial charge in [0, 0.05) is 13.0 Å². The van der Waals surface area contributed by atoms with E-state index in [4.69, 9.17) is 5.73 Å². The molecule has 0 unspecified atom stereocenters. The second kappa shape index (κ2) is 8.53. The Morgan fingerprint density at radius 1 is 1.33 bits per heavy atom. The second-order valence-electron chi connectivity index (χ2n) is 2.95. The monoisotopic (exact) mass is 172 g/mol. The minimum atomic E-state index is 0.175. The maximum atomic E-state index is 11.0. The van der Waals surface area contributed by atoms with Crippen molar-refractivity contribution >= 4 is 5.91 Å². The van der Waals surface area contributed by atoms with Crippen molar-refractivity contribution in [1.29, 1.82) is 0 Å². The van der Waals surface area contributed by atoms with Crippen molar-refractivity contribution in [3.05, 3.63) is 0 Å². The van der Waals surface area contributed by atoms with Gasteiger partial charge in [0.15, 0.2) is 0 Å². The number of nitrogens with one attached hydrogen (secondary N) is 1. The molecule has 1 amide bonds. The topological polar surface area (TPSA) is 55.1 Å². The van der Waals surface area contributed by atoms with Gasteiger partial charge in [-0.1, -0.05) is 13.3 Å². The second-order valence-corrected chi connectivity index (χ2v) is 2.95. The van der Waals surface area contributed by atoms with E-state index < -0.39 is 0 Å². The first-order chi connectivity index (χ1) is 5.81. The molecule has 0 saturated heterocycles. The largest absolute Gasteiger partial charge is 0.356 e. The first-order valence-electron chi connectivity index (χ1n) is 4.78. The molecule has 0 saturated carbocycles. The molecule has 72 valence electrons. The van der Waals surface area contributed by atoms with Crippen molar-refractivity contribution in [2.45, 2.75) is 39.0 Å². The van der Waals surface area contributed by atoms with Crippen LogP contribution < -0.4 is 11.1 Å². The van der Waals surface area contributed by atoms with Gasteiger partial charge in [0.25, 0.3) is 0 Å². The van der Waals surface area contributed by atoms with E-state index in [0.29, 0.717) is 6.42 Å². The Morgan fingerprint density at radius 3 is 2.67 bits per heavy atom. The highest BCUT2D eigenvalue weighted by atomic mass is 16.1. The summed E-state index contributed by atoms with van der Waals surface area (Å²) in [4.78, 5) is 11.0. The van der Waals surface area contributed by atoms with Gasteiger partial charge in [-0.25, -0.2) is 0 Å². The molecule has 0 fully saturated rings. The van der Waals surface area contributed by atoms with Crippen LogP contribution in [0.3, 0.4) is 0 Å². The zero-order chi connectivity index (χ0) is 9.23. The fourth-order valence-electron chi connectivity index (χ4n) is 0.959. The number of carbonyl (C=O) groups is 1. The number of carbonyl (C=O) groups excluding carboxylic acids is 1. The molecule has 12 heavy (non-hydrogen) atoms. The van der Waals surface area contributed by atoms with E-state index in [1.165, 1.54) is 0 Å². The molecule has 0 aliphatic carbocycles. The lowest BCUT2D eigenvalue weighted by molar-refractivity contribution is -0.121. The Balaban J connectivity index is 3.08. The van der Waals surface area contributed by atoms with E-state index in [0.717, 1.165) is 38.8 Å². The predicted octanol–water partition coefficient (Wildman–Crippen LogP) is 1.03. The van der Waals surface area contributed by atoms with Gasteiger partial charge >= 0.3 is 0 Å². The predicted molar refractivity (Wildman–Crippen MR) is 50.8 cm³/mol. The van der Waals surface area contributed by atoms with Crippen LogP contribution in [0.2, 0.25) is 0 Å². The van der Waals surface area contributed by atoms with Crippen molar-refractivity contribution in [2.24, 2.45) is 5.73 Å². The molecule has 0 aliphatic rings. The van der Waals surface area contributed by atoms with Gasteiger partial charge in [0.2, 0.25) is 5.91 Å². The summed E-state index contributed by atoms with van der Waals surface area (Å²) in [6.45, 7) is 3.58. The summed E-state index contributed by atoms with van der Waals surface area (Å²) < 4.78 is 0. The summed E-state index contributed by atoms with van der Waals surface area (Å²) in [6.07, 6.45) is 4.72. The molecule has 0 heterocycles. The van der Waals surface area contributed by atoms with E-state index in [-0.39, 0.29) is 5.91 Å². The highest BCUT2D eigenvalue weighted by molar-refractivity contribution is 5.75. The third-order valence-corrected chi connectivity index (χ3v) is 1.68. The zero-order valence-corrected chi connectivity index (χ0v) is 7.94. The number of hydrogen-bond acceptors (Lipinski definition) is 2. The molecule has 0 spiro atoms. The average Bonchev–Trinajstić information content (AvgIpc) is 2.09. The van der Waals surface area contributed by atoms with Crippen molar-refractivity contribution in [3.8, 4) is 0 Å². The summed E-state index contributed by atoms with van der Waals surface area (Å²) in [5, 5.41) is 2.84. The molecular weight excluding hydrogens is 152 g/mol. The van der Waals surface area contributed by atoms with Crippen molar-refractivity contribution in [2.75, 3.05) is 13.1 Å². The Hall–Kier alpha value is -0.570. The summed E-state index contributed by atoms with van der Waals surface area (Å²) in [7, 11) is 0. The molecule has 3 heteroatoms. The standard InChI is InChI=1S/C9H20N2O/c1-2-8-11-9(12)6-4-3-5-7-10/h2-8,10H2,1H3,(H,11,12). The van der Waals surface area contributed by atoms with Crippen LogP contribution in [-0.2, 0) is 4.79 Å². The fraction of sp³-hybridized carbons (Fsp3) is 0.889.